The maximum atomic E-state index is 12.1. The average Bonchev–Trinajstić information content (AvgIpc) is 3.39. The van der Waals surface area contributed by atoms with Crippen molar-refractivity contribution in [2.45, 2.75) is 51.6 Å². The van der Waals surface area contributed by atoms with Gasteiger partial charge in [0.05, 0.1) is 29.3 Å². The van der Waals surface area contributed by atoms with E-state index in [0.717, 1.165) is 88.8 Å². The number of hydrogen-bond donors (Lipinski definition) is 2. The minimum Gasteiger partial charge on any atom is -0.398 e. The number of nitrogens with two attached hydrogens (primary N) is 1. The van der Waals surface area contributed by atoms with E-state index >= 15 is 0 Å². The van der Waals surface area contributed by atoms with Crippen molar-refractivity contribution in [2.75, 3.05) is 63.1 Å². The molecular formula is C31H41Cl2N7O2. The number of amides is 1. The van der Waals surface area contributed by atoms with Gasteiger partial charge in [-0.05, 0) is 58.1 Å². The van der Waals surface area contributed by atoms with E-state index in [-0.39, 0.29) is 22.9 Å². The standard InChI is InChI=1S/C31H41Cl2N7O2/c1-5-25(41)38-17-31(18-38)13-21(14-31)40-19(2)26(27-22(15-34)24(35)12-23(32)28(27)33)29(36-40)39-7-6-20(30(39,3)4)16-37-8-10-42-11-9-37/h5,12,15,20-21,34H,1,6-11,13-14,16-18,35H2,2-4H3. The van der Waals surface area contributed by atoms with Gasteiger partial charge < -0.3 is 25.7 Å². The number of likely N-dealkylation sites (tertiary alicyclic amines) is 1. The number of carbonyl (C=O) groups excluding carboxylic acids is 1. The van der Waals surface area contributed by atoms with Gasteiger partial charge in [0.2, 0.25) is 5.91 Å². The van der Waals surface area contributed by atoms with Gasteiger partial charge in [-0.15, -0.1) is 0 Å². The predicted octanol–water partition coefficient (Wildman–Crippen LogP) is 5.03. The molecule has 4 aliphatic rings. The lowest BCUT2D eigenvalue weighted by molar-refractivity contribution is -0.149. The van der Waals surface area contributed by atoms with Crippen molar-refractivity contribution in [1.29, 1.82) is 5.41 Å². The van der Waals surface area contributed by atoms with Crippen LogP contribution >= 0.6 is 23.2 Å². The normalized spacial score (nSPS) is 23.6. The Morgan fingerprint density at radius 2 is 1.90 bits per heavy atom. The molecule has 226 valence electrons. The molecule has 4 fully saturated rings. The first-order valence-electron chi connectivity index (χ1n) is 14.9. The summed E-state index contributed by atoms with van der Waals surface area (Å²) in [5, 5.41) is 14.3. The number of halogens is 2. The summed E-state index contributed by atoms with van der Waals surface area (Å²) in [6.07, 6.45) is 5.63. The van der Waals surface area contributed by atoms with Crippen LogP contribution in [0, 0.1) is 23.7 Å². The number of nitrogens with zero attached hydrogens (tertiary/aromatic N) is 5. The molecule has 3 aliphatic heterocycles. The van der Waals surface area contributed by atoms with E-state index in [4.69, 9.17) is 44.2 Å². The lowest BCUT2D eigenvalue weighted by Crippen LogP contribution is -2.63. The fourth-order valence-corrected chi connectivity index (χ4v) is 8.22. The van der Waals surface area contributed by atoms with Crippen molar-refractivity contribution < 1.29 is 9.53 Å². The monoisotopic (exact) mass is 613 g/mol. The second-order valence-corrected chi connectivity index (χ2v) is 13.9. The molecule has 1 aliphatic carbocycles. The zero-order chi connectivity index (χ0) is 30.0. The van der Waals surface area contributed by atoms with Crippen LogP contribution in [0.5, 0.6) is 0 Å². The van der Waals surface area contributed by atoms with Crippen LogP contribution in [0.4, 0.5) is 11.5 Å². The van der Waals surface area contributed by atoms with Gasteiger partial charge in [0.1, 0.15) is 0 Å². The Kier molecular flexibility index (Phi) is 7.61. The van der Waals surface area contributed by atoms with Gasteiger partial charge in [0, 0.05) is 84.5 Å². The molecule has 0 bridgehead atoms. The Bertz CT molecular complexity index is 1420. The summed E-state index contributed by atoms with van der Waals surface area (Å²) in [6.45, 7) is 17.3. The first-order chi connectivity index (χ1) is 20.0. The number of anilines is 2. The fraction of sp³-hybridized carbons (Fsp3) is 0.581. The number of nitrogen functional groups attached to an aromatic ring is 1. The number of nitrogens with one attached hydrogen (secondary N) is 1. The van der Waals surface area contributed by atoms with Crippen LogP contribution in [0.3, 0.4) is 0 Å². The van der Waals surface area contributed by atoms with Crippen LogP contribution in [-0.2, 0) is 9.53 Å². The lowest BCUT2D eigenvalue weighted by atomic mass is 9.60. The van der Waals surface area contributed by atoms with Crippen molar-refractivity contribution in [3.8, 4) is 11.1 Å². The molecule has 1 amide bonds. The van der Waals surface area contributed by atoms with E-state index in [1.165, 1.54) is 12.3 Å². The van der Waals surface area contributed by atoms with Crippen LogP contribution < -0.4 is 10.6 Å². The molecule has 0 radical (unpaired) electrons. The molecule has 42 heavy (non-hydrogen) atoms. The Morgan fingerprint density at radius 3 is 2.55 bits per heavy atom. The Morgan fingerprint density at radius 1 is 1.21 bits per heavy atom. The summed E-state index contributed by atoms with van der Waals surface area (Å²) in [7, 11) is 0. The van der Waals surface area contributed by atoms with Crippen LogP contribution in [-0.4, -0.2) is 89.7 Å². The first-order valence-corrected chi connectivity index (χ1v) is 15.6. The molecule has 6 rings (SSSR count). The average molecular weight is 615 g/mol. The van der Waals surface area contributed by atoms with Crippen molar-refractivity contribution in [3.05, 3.63) is 40.0 Å². The maximum Gasteiger partial charge on any atom is 0.245 e. The third kappa shape index (κ3) is 4.73. The number of benzene rings is 1. The summed E-state index contributed by atoms with van der Waals surface area (Å²) < 4.78 is 7.74. The minimum absolute atomic E-state index is 0.000763. The molecule has 1 spiro atoms. The third-order valence-electron chi connectivity index (χ3n) is 10.3. The Hall–Kier alpha value is -2.59. The van der Waals surface area contributed by atoms with Crippen molar-refractivity contribution in [2.24, 2.45) is 11.3 Å². The van der Waals surface area contributed by atoms with Crippen LogP contribution in [0.25, 0.3) is 11.1 Å². The van der Waals surface area contributed by atoms with E-state index < -0.39 is 0 Å². The molecular weight excluding hydrogens is 573 g/mol. The number of hydrogen-bond acceptors (Lipinski definition) is 7. The van der Waals surface area contributed by atoms with E-state index in [1.54, 1.807) is 6.07 Å². The Labute approximate surface area is 258 Å². The van der Waals surface area contributed by atoms with Crippen molar-refractivity contribution >= 4 is 46.8 Å². The number of ether oxygens (including phenoxy) is 1. The quantitative estimate of drug-likeness (QED) is 0.258. The van der Waals surface area contributed by atoms with Crippen LogP contribution in [0.2, 0.25) is 10.0 Å². The molecule has 1 saturated carbocycles. The number of morpholine rings is 1. The Balaban J connectivity index is 1.38. The van der Waals surface area contributed by atoms with E-state index in [1.807, 2.05) is 4.90 Å². The molecule has 3 saturated heterocycles. The van der Waals surface area contributed by atoms with Gasteiger partial charge >= 0.3 is 0 Å². The summed E-state index contributed by atoms with van der Waals surface area (Å²) in [5.41, 5.74) is 9.90. The first kappa shape index (κ1) is 29.5. The molecule has 1 unspecified atom stereocenters. The van der Waals surface area contributed by atoms with Gasteiger partial charge in [-0.3, -0.25) is 14.4 Å². The highest BCUT2D eigenvalue weighted by molar-refractivity contribution is 6.44. The SMILES string of the molecule is C=CC(=O)N1CC2(CC(n3nc(N4CCC(CN5CCOCC5)C4(C)C)c(-c4c(Cl)c(Cl)cc(N)c4C=N)c3C)C2)C1. The molecule has 2 aromatic rings. The largest absolute Gasteiger partial charge is 0.398 e. The predicted molar refractivity (Wildman–Crippen MR) is 169 cm³/mol. The maximum absolute atomic E-state index is 12.1. The summed E-state index contributed by atoms with van der Waals surface area (Å²) >= 11 is 13.5. The third-order valence-corrected chi connectivity index (χ3v) is 11.1. The van der Waals surface area contributed by atoms with Gasteiger partial charge in [-0.2, -0.15) is 5.10 Å². The smallest absolute Gasteiger partial charge is 0.245 e. The van der Waals surface area contributed by atoms with Crippen LogP contribution in [0.15, 0.2) is 18.7 Å². The molecule has 11 heteroatoms. The van der Waals surface area contributed by atoms with E-state index in [0.29, 0.717) is 32.8 Å². The number of aromatic nitrogens is 2. The van der Waals surface area contributed by atoms with E-state index in [2.05, 4.69) is 41.8 Å². The van der Waals surface area contributed by atoms with Gasteiger partial charge in [0.15, 0.2) is 5.82 Å². The summed E-state index contributed by atoms with van der Waals surface area (Å²) in [5.74, 6) is 1.32. The van der Waals surface area contributed by atoms with Gasteiger partial charge in [-0.1, -0.05) is 29.8 Å². The highest BCUT2D eigenvalue weighted by Gasteiger charge is 2.55. The fourth-order valence-electron chi connectivity index (χ4n) is 7.76. The molecule has 1 aromatic heterocycles. The van der Waals surface area contributed by atoms with Crippen molar-refractivity contribution in [3.63, 3.8) is 0 Å². The topological polar surface area (TPSA) is 104 Å². The highest BCUT2D eigenvalue weighted by Crippen LogP contribution is 2.56. The van der Waals surface area contributed by atoms with E-state index in [9.17, 15) is 4.79 Å². The zero-order valence-corrected chi connectivity index (χ0v) is 26.3. The second-order valence-electron chi connectivity index (χ2n) is 13.1. The molecule has 9 nitrogen and oxygen atoms in total. The summed E-state index contributed by atoms with van der Waals surface area (Å²) in [4.78, 5) is 18.9. The van der Waals surface area contributed by atoms with Gasteiger partial charge in [-0.25, -0.2) is 0 Å². The summed E-state index contributed by atoms with van der Waals surface area (Å²) in [6, 6.07) is 1.83. The molecule has 1 aromatic carbocycles. The van der Waals surface area contributed by atoms with Crippen LogP contribution in [0.1, 0.15) is 50.4 Å². The van der Waals surface area contributed by atoms with Crippen molar-refractivity contribution in [1.82, 2.24) is 19.6 Å². The molecule has 4 heterocycles. The van der Waals surface area contributed by atoms with Gasteiger partial charge in [0.25, 0.3) is 0 Å². The molecule has 1 atom stereocenters. The minimum atomic E-state index is -0.166. The highest BCUT2D eigenvalue weighted by atomic mass is 35.5. The lowest BCUT2D eigenvalue weighted by Gasteiger charge is -2.58. The second kappa shape index (κ2) is 10.8. The number of carbonyl (C=O) groups is 1. The number of rotatable bonds is 7. The zero-order valence-electron chi connectivity index (χ0n) is 24.8. The molecule has 3 N–H and O–H groups in total.